The molecule has 0 amide bonds. The zero-order chi connectivity index (χ0) is 12.0. The van der Waals surface area contributed by atoms with Crippen LogP contribution < -0.4 is 0 Å². The molecule has 0 radical (unpaired) electrons. The molecular formula is C13H8O4. The maximum absolute atomic E-state index is 10.8. The lowest BCUT2D eigenvalue weighted by Crippen LogP contribution is -1.91. The zero-order valence-corrected chi connectivity index (χ0v) is 8.68. The molecule has 0 unspecified atom stereocenters. The Hall–Kier alpha value is -2.49. The molecule has 0 aliphatic carbocycles. The number of carbonyl (C=O) groups is 1. The maximum Gasteiger partial charge on any atom is 0.371 e. The molecule has 0 fully saturated rings. The summed E-state index contributed by atoms with van der Waals surface area (Å²) in [5, 5.41) is 20.7. The fraction of sp³-hybridized carbons (Fsp3) is 0. The third kappa shape index (κ3) is 1.34. The van der Waals surface area contributed by atoms with Gasteiger partial charge in [-0.3, -0.25) is 0 Å². The minimum Gasteiger partial charge on any atom is -0.507 e. The van der Waals surface area contributed by atoms with Crippen molar-refractivity contribution in [3.63, 3.8) is 0 Å². The quantitative estimate of drug-likeness (QED) is 0.671. The molecule has 0 saturated carbocycles. The Morgan fingerprint density at radius 1 is 1.06 bits per heavy atom. The number of hydrogen-bond donors (Lipinski definition) is 2. The highest BCUT2D eigenvalue weighted by molar-refractivity contribution is 6.09. The minimum atomic E-state index is -1.10. The second kappa shape index (κ2) is 3.25. The van der Waals surface area contributed by atoms with Crippen molar-refractivity contribution in [2.45, 2.75) is 0 Å². The van der Waals surface area contributed by atoms with E-state index in [1.165, 1.54) is 6.07 Å². The molecule has 0 saturated heterocycles. The van der Waals surface area contributed by atoms with Gasteiger partial charge >= 0.3 is 5.97 Å². The molecule has 17 heavy (non-hydrogen) atoms. The lowest BCUT2D eigenvalue weighted by Gasteiger charge is -2.00. The van der Waals surface area contributed by atoms with E-state index < -0.39 is 5.97 Å². The summed E-state index contributed by atoms with van der Waals surface area (Å²) < 4.78 is 5.20. The number of benzene rings is 2. The van der Waals surface area contributed by atoms with E-state index in [1.54, 1.807) is 24.3 Å². The van der Waals surface area contributed by atoms with E-state index in [0.717, 1.165) is 5.39 Å². The van der Waals surface area contributed by atoms with Crippen LogP contribution in [0.4, 0.5) is 0 Å². The van der Waals surface area contributed by atoms with Gasteiger partial charge in [0.05, 0.1) is 0 Å². The second-order valence-corrected chi connectivity index (χ2v) is 3.77. The Morgan fingerprint density at radius 2 is 1.88 bits per heavy atom. The van der Waals surface area contributed by atoms with Crippen molar-refractivity contribution in [3.05, 3.63) is 42.2 Å². The summed E-state index contributed by atoms with van der Waals surface area (Å²) in [7, 11) is 0. The van der Waals surface area contributed by atoms with Gasteiger partial charge in [-0.15, -0.1) is 0 Å². The number of furan rings is 1. The summed E-state index contributed by atoms with van der Waals surface area (Å²) in [4.78, 5) is 10.8. The fourth-order valence-electron chi connectivity index (χ4n) is 1.97. The zero-order valence-electron chi connectivity index (χ0n) is 8.68. The topological polar surface area (TPSA) is 70.7 Å². The van der Waals surface area contributed by atoms with Crippen molar-refractivity contribution >= 4 is 27.7 Å². The molecule has 2 aromatic carbocycles. The fourth-order valence-corrected chi connectivity index (χ4v) is 1.97. The SMILES string of the molecule is O=C(O)c1cc2c(ccc3c(O)cccc32)o1. The van der Waals surface area contributed by atoms with E-state index in [1.807, 2.05) is 6.07 Å². The first-order chi connectivity index (χ1) is 8.16. The summed E-state index contributed by atoms with van der Waals surface area (Å²) in [6, 6.07) is 9.96. The van der Waals surface area contributed by atoms with Crippen LogP contribution in [0.2, 0.25) is 0 Å². The van der Waals surface area contributed by atoms with Crippen molar-refractivity contribution < 1.29 is 19.4 Å². The first-order valence-electron chi connectivity index (χ1n) is 5.04. The van der Waals surface area contributed by atoms with E-state index in [4.69, 9.17) is 9.52 Å². The van der Waals surface area contributed by atoms with Gasteiger partial charge in [0.2, 0.25) is 5.76 Å². The normalized spacial score (nSPS) is 11.1. The maximum atomic E-state index is 10.8. The van der Waals surface area contributed by atoms with Crippen molar-refractivity contribution in [1.82, 2.24) is 0 Å². The number of fused-ring (bicyclic) bond motifs is 3. The van der Waals surface area contributed by atoms with E-state index in [9.17, 15) is 9.90 Å². The number of aromatic carboxylic acids is 1. The van der Waals surface area contributed by atoms with Crippen LogP contribution >= 0.6 is 0 Å². The molecule has 84 valence electrons. The van der Waals surface area contributed by atoms with Crippen molar-refractivity contribution in [1.29, 1.82) is 0 Å². The summed E-state index contributed by atoms with van der Waals surface area (Å²) in [5.74, 6) is -1.03. The highest BCUT2D eigenvalue weighted by atomic mass is 16.4. The summed E-state index contributed by atoms with van der Waals surface area (Å²) in [5.41, 5.74) is 0.500. The van der Waals surface area contributed by atoms with E-state index in [-0.39, 0.29) is 11.5 Å². The van der Waals surface area contributed by atoms with Crippen LogP contribution in [0.1, 0.15) is 10.6 Å². The molecule has 0 aliphatic rings. The smallest absolute Gasteiger partial charge is 0.371 e. The highest BCUT2D eigenvalue weighted by Gasteiger charge is 2.13. The minimum absolute atomic E-state index is 0.101. The van der Waals surface area contributed by atoms with E-state index in [2.05, 4.69) is 0 Å². The van der Waals surface area contributed by atoms with Gasteiger partial charge in [0.1, 0.15) is 11.3 Å². The first-order valence-corrected chi connectivity index (χ1v) is 5.04. The van der Waals surface area contributed by atoms with Gasteiger partial charge in [-0.25, -0.2) is 4.79 Å². The van der Waals surface area contributed by atoms with E-state index >= 15 is 0 Å². The van der Waals surface area contributed by atoms with E-state index in [0.29, 0.717) is 16.4 Å². The number of aromatic hydroxyl groups is 1. The molecule has 1 heterocycles. The Labute approximate surface area is 95.7 Å². The van der Waals surface area contributed by atoms with Gasteiger partial charge in [-0.1, -0.05) is 12.1 Å². The number of rotatable bonds is 1. The first kappa shape index (κ1) is 9.72. The largest absolute Gasteiger partial charge is 0.507 e. The lowest BCUT2D eigenvalue weighted by molar-refractivity contribution is 0.0665. The molecule has 0 spiro atoms. The predicted molar refractivity (Wildman–Crippen MR) is 62.3 cm³/mol. The molecule has 1 aromatic heterocycles. The van der Waals surface area contributed by atoms with Crippen LogP contribution in [0.5, 0.6) is 5.75 Å². The monoisotopic (exact) mass is 228 g/mol. The van der Waals surface area contributed by atoms with Crippen LogP contribution in [0, 0.1) is 0 Å². The Morgan fingerprint density at radius 3 is 2.65 bits per heavy atom. The average molecular weight is 228 g/mol. The second-order valence-electron chi connectivity index (χ2n) is 3.77. The van der Waals surface area contributed by atoms with Gasteiger partial charge in [0.25, 0.3) is 0 Å². The molecule has 4 heteroatoms. The van der Waals surface area contributed by atoms with Crippen LogP contribution in [-0.2, 0) is 0 Å². The van der Waals surface area contributed by atoms with Crippen LogP contribution in [0.25, 0.3) is 21.7 Å². The van der Waals surface area contributed by atoms with Crippen molar-refractivity contribution in [2.75, 3.05) is 0 Å². The third-order valence-electron chi connectivity index (χ3n) is 2.75. The molecule has 3 aromatic rings. The molecule has 0 atom stereocenters. The van der Waals surface area contributed by atoms with Crippen molar-refractivity contribution in [3.8, 4) is 5.75 Å². The Bertz CT molecular complexity index is 740. The number of hydrogen-bond acceptors (Lipinski definition) is 3. The predicted octanol–water partition coefficient (Wildman–Crippen LogP) is 2.99. The van der Waals surface area contributed by atoms with Crippen LogP contribution in [-0.4, -0.2) is 16.2 Å². The Balaban J connectivity index is 2.47. The average Bonchev–Trinajstić information content (AvgIpc) is 2.73. The molecule has 3 rings (SSSR count). The summed E-state index contributed by atoms with van der Waals surface area (Å²) in [6.45, 7) is 0. The van der Waals surface area contributed by atoms with Gasteiger partial charge in [-0.05, 0) is 29.7 Å². The summed E-state index contributed by atoms with van der Waals surface area (Å²) >= 11 is 0. The number of phenolic OH excluding ortho intramolecular Hbond substituents is 1. The lowest BCUT2D eigenvalue weighted by atomic mass is 10.1. The standard InChI is InChI=1S/C13H8O4/c14-10-3-1-2-7-8(10)4-5-11-9(7)6-12(17-11)13(15)16/h1-6,14H,(H,15,16). The van der Waals surface area contributed by atoms with Gasteiger partial charge < -0.3 is 14.6 Å². The van der Waals surface area contributed by atoms with Crippen LogP contribution in [0.3, 0.4) is 0 Å². The third-order valence-corrected chi connectivity index (χ3v) is 2.75. The van der Waals surface area contributed by atoms with Gasteiger partial charge in [0.15, 0.2) is 0 Å². The molecule has 0 bridgehead atoms. The summed E-state index contributed by atoms with van der Waals surface area (Å²) in [6.07, 6.45) is 0. The van der Waals surface area contributed by atoms with Gasteiger partial charge in [-0.2, -0.15) is 0 Å². The van der Waals surface area contributed by atoms with Crippen LogP contribution in [0.15, 0.2) is 40.8 Å². The van der Waals surface area contributed by atoms with Crippen molar-refractivity contribution in [2.24, 2.45) is 0 Å². The molecular weight excluding hydrogens is 220 g/mol. The number of phenols is 1. The molecule has 0 aliphatic heterocycles. The van der Waals surface area contributed by atoms with Gasteiger partial charge in [0, 0.05) is 10.8 Å². The molecule has 4 nitrogen and oxygen atoms in total. The number of carboxylic acid groups (broad SMARTS) is 1. The number of carboxylic acids is 1. The molecule has 2 N–H and O–H groups in total. The highest BCUT2D eigenvalue weighted by Crippen LogP contribution is 2.32. The Kier molecular flexibility index (Phi) is 1.86.